The van der Waals surface area contributed by atoms with Gasteiger partial charge in [-0.25, -0.2) is 0 Å². The molecule has 0 heterocycles. The molecule has 75 valence electrons. The maximum absolute atomic E-state index is 12.4. The lowest BCUT2D eigenvalue weighted by Gasteiger charge is -2.15. The van der Waals surface area contributed by atoms with Gasteiger partial charge in [0, 0.05) is 0 Å². The van der Waals surface area contributed by atoms with Gasteiger partial charge in [0.25, 0.3) is 6.29 Å². The molecule has 0 rings (SSSR count). The summed E-state index contributed by atoms with van der Waals surface area (Å²) in [7, 11) is 0. The van der Waals surface area contributed by atoms with E-state index in [1.54, 1.807) is 13.8 Å². The van der Waals surface area contributed by atoms with Gasteiger partial charge >= 0.3 is 5.92 Å². The largest absolute Gasteiger partial charge is 0.371 e. The topological polar surface area (TPSA) is 60.2 Å². The van der Waals surface area contributed by atoms with Gasteiger partial charge in [0.15, 0.2) is 0 Å². The molecule has 2 N–H and O–H groups in total. The van der Waals surface area contributed by atoms with Crippen LogP contribution in [-0.4, -0.2) is 24.0 Å². The molecule has 5 heteroatoms. The molecule has 0 bridgehead atoms. The fraction of sp³-hybridized carbons (Fsp3) is 0.750. The lowest BCUT2D eigenvalue weighted by atomic mass is 9.98. The molecule has 3 nitrogen and oxygen atoms in total. The predicted octanol–water partition coefficient (Wildman–Crippen LogP) is 0.674. The van der Waals surface area contributed by atoms with Crippen LogP contribution >= 0.6 is 0 Å². The molecular weight excluding hydrogens is 180 g/mol. The Bertz CT molecular complexity index is 204. The molecule has 0 spiro atoms. The molecule has 0 saturated carbocycles. The summed E-state index contributed by atoms with van der Waals surface area (Å²) in [6, 6.07) is -1.29. The first-order valence-corrected chi connectivity index (χ1v) is 3.88. The van der Waals surface area contributed by atoms with Crippen LogP contribution in [0.3, 0.4) is 0 Å². The molecule has 1 atom stereocenters. The average Bonchev–Trinajstić information content (AvgIpc) is 2.01. The summed E-state index contributed by atoms with van der Waals surface area (Å²) >= 11 is 0. The van der Waals surface area contributed by atoms with Crippen LogP contribution in [0, 0.1) is 5.92 Å². The first kappa shape index (κ1) is 12.2. The van der Waals surface area contributed by atoms with E-state index in [9.17, 15) is 18.4 Å². The third-order valence-corrected chi connectivity index (χ3v) is 1.50. The summed E-state index contributed by atoms with van der Waals surface area (Å²) in [6.45, 7) is 3.49. The Balaban J connectivity index is 4.34. The molecular formula is C8H12F2NO2. The van der Waals surface area contributed by atoms with Crippen LogP contribution in [-0.2, 0) is 9.59 Å². The van der Waals surface area contributed by atoms with Crippen molar-refractivity contribution in [3.63, 3.8) is 0 Å². The highest BCUT2D eigenvalue weighted by atomic mass is 19.3. The first-order valence-electron chi connectivity index (χ1n) is 3.88. The normalized spacial score (nSPS) is 14.3. The van der Waals surface area contributed by atoms with Crippen molar-refractivity contribution in [2.45, 2.75) is 32.2 Å². The van der Waals surface area contributed by atoms with Gasteiger partial charge in [-0.15, -0.1) is 0 Å². The van der Waals surface area contributed by atoms with Crippen LogP contribution in [0.1, 0.15) is 20.3 Å². The SMILES string of the molecule is CC(C)CC(N)C(=O)C(F)(F)[C]=O. The maximum atomic E-state index is 12.4. The van der Waals surface area contributed by atoms with Crippen molar-refractivity contribution in [1.29, 1.82) is 0 Å². The molecule has 0 saturated heterocycles. The highest BCUT2D eigenvalue weighted by Gasteiger charge is 2.42. The Labute approximate surface area is 75.3 Å². The van der Waals surface area contributed by atoms with Gasteiger partial charge in [-0.3, -0.25) is 9.59 Å². The molecule has 0 aliphatic heterocycles. The van der Waals surface area contributed by atoms with Crippen molar-refractivity contribution in [2.75, 3.05) is 0 Å². The zero-order valence-electron chi connectivity index (χ0n) is 7.51. The van der Waals surface area contributed by atoms with Crippen LogP contribution in [0.2, 0.25) is 0 Å². The smallest absolute Gasteiger partial charge is 0.321 e. The Morgan fingerprint density at radius 3 is 2.31 bits per heavy atom. The predicted molar refractivity (Wildman–Crippen MR) is 43.1 cm³/mol. The Morgan fingerprint density at radius 2 is 2.00 bits per heavy atom. The second kappa shape index (κ2) is 4.41. The van der Waals surface area contributed by atoms with Gasteiger partial charge in [0.05, 0.1) is 6.04 Å². The molecule has 1 unspecified atom stereocenters. The maximum Gasteiger partial charge on any atom is 0.371 e. The lowest BCUT2D eigenvalue weighted by molar-refractivity contribution is -0.136. The van der Waals surface area contributed by atoms with Crippen molar-refractivity contribution < 1.29 is 18.4 Å². The molecule has 0 aromatic carbocycles. The van der Waals surface area contributed by atoms with Gasteiger partial charge in [0.2, 0.25) is 5.78 Å². The van der Waals surface area contributed by atoms with Gasteiger partial charge in [-0.1, -0.05) is 13.8 Å². The van der Waals surface area contributed by atoms with Crippen molar-refractivity contribution in [3.8, 4) is 0 Å². The quantitative estimate of drug-likeness (QED) is 0.651. The van der Waals surface area contributed by atoms with Gasteiger partial charge in [0.1, 0.15) is 0 Å². The third kappa shape index (κ3) is 3.59. The number of rotatable bonds is 5. The summed E-state index contributed by atoms with van der Waals surface area (Å²) in [5, 5.41) is 0. The fourth-order valence-electron chi connectivity index (χ4n) is 0.898. The van der Waals surface area contributed by atoms with E-state index in [-0.39, 0.29) is 12.3 Å². The molecule has 0 aliphatic carbocycles. The van der Waals surface area contributed by atoms with E-state index in [1.165, 1.54) is 0 Å². The molecule has 1 radical (unpaired) electrons. The highest BCUT2D eigenvalue weighted by Crippen LogP contribution is 2.16. The summed E-state index contributed by atoms with van der Waals surface area (Å²) < 4.78 is 24.8. The van der Waals surface area contributed by atoms with Crippen LogP contribution in [0.15, 0.2) is 0 Å². The van der Waals surface area contributed by atoms with Crippen LogP contribution in [0.5, 0.6) is 0 Å². The minimum atomic E-state index is -4.06. The number of halogens is 2. The second-order valence-electron chi connectivity index (χ2n) is 3.28. The number of hydrogen-bond donors (Lipinski definition) is 1. The van der Waals surface area contributed by atoms with Crippen LogP contribution in [0.4, 0.5) is 8.78 Å². The standard InChI is InChI=1S/C8H12F2NO2/c1-5(2)3-6(11)7(13)8(9,10)4-12/h5-6H,3,11H2,1-2H3. The number of nitrogens with two attached hydrogens (primary N) is 1. The van der Waals surface area contributed by atoms with E-state index >= 15 is 0 Å². The third-order valence-electron chi connectivity index (χ3n) is 1.50. The van der Waals surface area contributed by atoms with Crippen LogP contribution < -0.4 is 5.73 Å². The molecule has 0 aromatic heterocycles. The monoisotopic (exact) mass is 192 g/mol. The number of alkyl halides is 2. The molecule has 0 aliphatic rings. The van der Waals surface area contributed by atoms with Crippen LogP contribution in [0.25, 0.3) is 0 Å². The van der Waals surface area contributed by atoms with Gasteiger partial charge in [-0.2, -0.15) is 8.78 Å². The number of hydrogen-bond acceptors (Lipinski definition) is 3. The van der Waals surface area contributed by atoms with E-state index in [2.05, 4.69) is 0 Å². The van der Waals surface area contributed by atoms with Crippen molar-refractivity contribution in [2.24, 2.45) is 11.7 Å². The fourth-order valence-corrected chi connectivity index (χ4v) is 0.898. The van der Waals surface area contributed by atoms with E-state index in [1.807, 2.05) is 0 Å². The molecule has 0 fully saturated rings. The number of carbonyl (C=O) groups is 1. The number of ketones is 1. The average molecular weight is 192 g/mol. The van der Waals surface area contributed by atoms with E-state index < -0.39 is 17.7 Å². The summed E-state index contributed by atoms with van der Waals surface area (Å²) in [6.07, 6.45) is 0.517. The molecule has 0 amide bonds. The zero-order valence-corrected chi connectivity index (χ0v) is 7.51. The minimum absolute atomic E-state index is 0.0291. The van der Waals surface area contributed by atoms with Crippen molar-refractivity contribution >= 4 is 12.1 Å². The lowest BCUT2D eigenvalue weighted by Crippen LogP contribution is -2.44. The number of Topliss-reactive ketones (excluding diaryl/α,β-unsaturated/α-hetero) is 1. The highest BCUT2D eigenvalue weighted by molar-refractivity contribution is 6.02. The summed E-state index contributed by atoms with van der Waals surface area (Å²) in [5.74, 6) is -5.59. The van der Waals surface area contributed by atoms with E-state index in [0.29, 0.717) is 6.29 Å². The summed E-state index contributed by atoms with van der Waals surface area (Å²) in [4.78, 5) is 20.5. The second-order valence-corrected chi connectivity index (χ2v) is 3.28. The molecule has 0 aromatic rings. The van der Waals surface area contributed by atoms with E-state index in [0.717, 1.165) is 0 Å². The molecule has 13 heavy (non-hydrogen) atoms. The van der Waals surface area contributed by atoms with Crippen molar-refractivity contribution in [3.05, 3.63) is 0 Å². The number of carbonyl (C=O) groups excluding carboxylic acids is 2. The van der Waals surface area contributed by atoms with Crippen molar-refractivity contribution in [1.82, 2.24) is 0 Å². The van der Waals surface area contributed by atoms with Gasteiger partial charge < -0.3 is 5.73 Å². The summed E-state index contributed by atoms with van der Waals surface area (Å²) in [5.41, 5.74) is 5.17. The van der Waals surface area contributed by atoms with Gasteiger partial charge in [-0.05, 0) is 12.3 Å². The Hall–Kier alpha value is -0.840. The first-order chi connectivity index (χ1) is 5.81. The Morgan fingerprint density at radius 1 is 1.54 bits per heavy atom. The Kier molecular flexibility index (Phi) is 4.13. The minimum Gasteiger partial charge on any atom is -0.321 e. The van der Waals surface area contributed by atoms with E-state index in [4.69, 9.17) is 5.73 Å². The zero-order chi connectivity index (χ0) is 10.6.